The first-order chi connectivity index (χ1) is 18.6. The molecule has 0 unspecified atom stereocenters. The fourth-order valence-corrected chi connectivity index (χ4v) is 4.85. The second-order valence-corrected chi connectivity index (χ2v) is 9.31. The van der Waals surface area contributed by atoms with Gasteiger partial charge in [0, 0.05) is 82.2 Å². The standard InChI is InChI=1S/C29H31N7O2/c1-23(37)36-16-7-15-34(29-31-12-6-13-32-29)18-19-35(21-25-9-3-5-11-27(25)36)28(38)26-10-4-2-8-24(26)20-33-17-14-30-22-33/h2-6,8-14,17,22H,7,15-16,18-21H2,1H3. The Bertz CT molecular complexity index is 1370. The molecule has 3 heterocycles. The van der Waals surface area contributed by atoms with Crippen LogP contribution in [0.2, 0.25) is 0 Å². The van der Waals surface area contributed by atoms with E-state index in [0.717, 1.165) is 23.2 Å². The molecule has 9 heteroatoms. The third-order valence-electron chi connectivity index (χ3n) is 6.76. The Kier molecular flexibility index (Phi) is 7.73. The fraction of sp³-hybridized carbons (Fsp3) is 0.276. The van der Waals surface area contributed by atoms with Crippen molar-refractivity contribution in [3.05, 3.63) is 102 Å². The summed E-state index contributed by atoms with van der Waals surface area (Å²) >= 11 is 0. The van der Waals surface area contributed by atoms with Gasteiger partial charge in [-0.3, -0.25) is 9.59 Å². The summed E-state index contributed by atoms with van der Waals surface area (Å²) in [7, 11) is 0. The van der Waals surface area contributed by atoms with Crippen LogP contribution in [-0.4, -0.2) is 62.4 Å². The van der Waals surface area contributed by atoms with E-state index in [1.54, 1.807) is 42.8 Å². The highest BCUT2D eigenvalue weighted by atomic mass is 16.2. The molecule has 0 atom stereocenters. The molecule has 0 bridgehead atoms. The van der Waals surface area contributed by atoms with Gasteiger partial charge in [-0.15, -0.1) is 0 Å². The summed E-state index contributed by atoms with van der Waals surface area (Å²) in [5.41, 5.74) is 3.35. The molecule has 0 spiro atoms. The molecule has 0 N–H and O–H groups in total. The molecule has 0 radical (unpaired) electrons. The average molecular weight is 510 g/mol. The summed E-state index contributed by atoms with van der Waals surface area (Å²) in [6.45, 7) is 4.79. The number of hydrogen-bond donors (Lipinski definition) is 0. The van der Waals surface area contributed by atoms with Crippen LogP contribution in [0.5, 0.6) is 0 Å². The number of benzene rings is 2. The van der Waals surface area contributed by atoms with E-state index in [1.165, 1.54) is 0 Å². The van der Waals surface area contributed by atoms with Gasteiger partial charge in [0.05, 0.1) is 6.33 Å². The summed E-state index contributed by atoms with van der Waals surface area (Å²) < 4.78 is 1.95. The number of carbonyl (C=O) groups is 2. The number of amides is 2. The zero-order valence-electron chi connectivity index (χ0n) is 21.5. The molecule has 0 saturated heterocycles. The number of carbonyl (C=O) groups excluding carboxylic acids is 2. The Morgan fingerprint density at radius 2 is 1.66 bits per heavy atom. The van der Waals surface area contributed by atoms with E-state index in [1.807, 2.05) is 64.2 Å². The molecular weight excluding hydrogens is 478 g/mol. The van der Waals surface area contributed by atoms with Crippen molar-refractivity contribution in [3.63, 3.8) is 0 Å². The van der Waals surface area contributed by atoms with Crippen LogP contribution in [0, 0.1) is 0 Å². The van der Waals surface area contributed by atoms with Gasteiger partial charge in [0.2, 0.25) is 11.9 Å². The number of hydrogen-bond acceptors (Lipinski definition) is 6. The molecule has 0 saturated carbocycles. The molecule has 9 nitrogen and oxygen atoms in total. The van der Waals surface area contributed by atoms with Crippen molar-refractivity contribution in [2.45, 2.75) is 26.4 Å². The molecule has 1 aliphatic heterocycles. The second kappa shape index (κ2) is 11.7. The number of para-hydroxylation sites is 1. The van der Waals surface area contributed by atoms with Crippen LogP contribution in [0.1, 0.15) is 34.8 Å². The lowest BCUT2D eigenvalue weighted by molar-refractivity contribution is -0.116. The molecule has 1 aliphatic rings. The fourth-order valence-electron chi connectivity index (χ4n) is 4.85. The Morgan fingerprint density at radius 1 is 0.868 bits per heavy atom. The van der Waals surface area contributed by atoms with Gasteiger partial charge in [0.25, 0.3) is 5.91 Å². The van der Waals surface area contributed by atoms with Gasteiger partial charge in [-0.2, -0.15) is 0 Å². The van der Waals surface area contributed by atoms with Crippen LogP contribution in [0.3, 0.4) is 0 Å². The smallest absolute Gasteiger partial charge is 0.254 e. The number of anilines is 2. The predicted octanol–water partition coefficient (Wildman–Crippen LogP) is 3.63. The van der Waals surface area contributed by atoms with Crippen molar-refractivity contribution in [3.8, 4) is 0 Å². The molecule has 0 aliphatic carbocycles. The van der Waals surface area contributed by atoms with Gasteiger partial charge in [0.1, 0.15) is 0 Å². The normalized spacial score (nSPS) is 14.5. The molecule has 2 amide bonds. The topological polar surface area (TPSA) is 87.5 Å². The Morgan fingerprint density at radius 3 is 2.45 bits per heavy atom. The molecule has 5 rings (SSSR count). The third kappa shape index (κ3) is 5.72. The maximum atomic E-state index is 14.1. The monoisotopic (exact) mass is 509 g/mol. The van der Waals surface area contributed by atoms with Crippen molar-refractivity contribution in [2.24, 2.45) is 0 Å². The van der Waals surface area contributed by atoms with Crippen LogP contribution in [-0.2, 0) is 17.9 Å². The van der Waals surface area contributed by atoms with Crippen molar-refractivity contribution in [2.75, 3.05) is 36.0 Å². The van der Waals surface area contributed by atoms with E-state index >= 15 is 0 Å². The van der Waals surface area contributed by atoms with Gasteiger partial charge in [0.15, 0.2) is 0 Å². The first kappa shape index (κ1) is 25.1. The number of imidazole rings is 1. The van der Waals surface area contributed by atoms with E-state index in [-0.39, 0.29) is 11.8 Å². The first-order valence-electron chi connectivity index (χ1n) is 12.8. The Balaban J connectivity index is 1.51. The van der Waals surface area contributed by atoms with Crippen molar-refractivity contribution in [1.29, 1.82) is 0 Å². The number of nitrogens with zero attached hydrogens (tertiary/aromatic N) is 7. The molecular formula is C29H31N7O2. The third-order valence-corrected chi connectivity index (χ3v) is 6.76. The van der Waals surface area contributed by atoms with Gasteiger partial charge in [-0.25, -0.2) is 15.0 Å². The highest BCUT2D eigenvalue weighted by molar-refractivity contribution is 5.96. The van der Waals surface area contributed by atoms with E-state index in [4.69, 9.17) is 0 Å². The van der Waals surface area contributed by atoms with E-state index in [2.05, 4.69) is 19.9 Å². The van der Waals surface area contributed by atoms with E-state index < -0.39 is 0 Å². The molecule has 4 aromatic rings. The largest absolute Gasteiger partial charge is 0.339 e. The summed E-state index contributed by atoms with van der Waals surface area (Å²) in [4.78, 5) is 45.6. The summed E-state index contributed by atoms with van der Waals surface area (Å²) in [6.07, 6.45) is 9.56. The summed E-state index contributed by atoms with van der Waals surface area (Å²) in [6, 6.07) is 17.3. The molecule has 2 aromatic heterocycles. The first-order valence-corrected chi connectivity index (χ1v) is 12.8. The lowest BCUT2D eigenvalue weighted by Crippen LogP contribution is -2.39. The highest BCUT2D eigenvalue weighted by Crippen LogP contribution is 2.25. The molecule has 38 heavy (non-hydrogen) atoms. The molecule has 2 aromatic carbocycles. The predicted molar refractivity (Wildman–Crippen MR) is 146 cm³/mol. The van der Waals surface area contributed by atoms with Crippen LogP contribution >= 0.6 is 0 Å². The summed E-state index contributed by atoms with van der Waals surface area (Å²) in [5.74, 6) is 0.535. The van der Waals surface area contributed by atoms with Gasteiger partial charge in [-0.05, 0) is 35.7 Å². The van der Waals surface area contributed by atoms with Crippen molar-refractivity contribution >= 4 is 23.5 Å². The van der Waals surface area contributed by atoms with E-state index in [9.17, 15) is 9.59 Å². The van der Waals surface area contributed by atoms with Crippen LogP contribution < -0.4 is 9.80 Å². The average Bonchev–Trinajstić information content (AvgIpc) is 3.44. The zero-order valence-corrected chi connectivity index (χ0v) is 21.5. The lowest BCUT2D eigenvalue weighted by atomic mass is 10.0. The zero-order chi connectivity index (χ0) is 26.3. The SMILES string of the molecule is CC(=O)N1CCCN(c2ncccn2)CCN(C(=O)c2ccccc2Cn2ccnc2)Cc2ccccc21. The van der Waals surface area contributed by atoms with Crippen molar-refractivity contribution in [1.82, 2.24) is 24.4 Å². The summed E-state index contributed by atoms with van der Waals surface area (Å²) in [5, 5.41) is 0. The Labute approximate surface area is 222 Å². The lowest BCUT2D eigenvalue weighted by Gasteiger charge is -2.28. The minimum Gasteiger partial charge on any atom is -0.339 e. The number of rotatable bonds is 4. The van der Waals surface area contributed by atoms with Crippen LogP contribution in [0.15, 0.2) is 85.7 Å². The van der Waals surface area contributed by atoms with E-state index in [0.29, 0.717) is 50.8 Å². The molecule has 0 fully saturated rings. The number of fused-ring (bicyclic) bond motifs is 1. The quantitative estimate of drug-likeness (QED) is 0.418. The maximum absolute atomic E-state index is 14.1. The Hall–Kier alpha value is -4.53. The second-order valence-electron chi connectivity index (χ2n) is 9.31. The van der Waals surface area contributed by atoms with Gasteiger partial charge >= 0.3 is 0 Å². The minimum absolute atomic E-state index is 0.0252. The van der Waals surface area contributed by atoms with Crippen LogP contribution in [0.25, 0.3) is 0 Å². The van der Waals surface area contributed by atoms with Gasteiger partial charge < -0.3 is 19.3 Å². The number of aromatic nitrogens is 4. The van der Waals surface area contributed by atoms with Crippen LogP contribution in [0.4, 0.5) is 11.6 Å². The maximum Gasteiger partial charge on any atom is 0.254 e. The highest BCUT2D eigenvalue weighted by Gasteiger charge is 2.24. The van der Waals surface area contributed by atoms with Gasteiger partial charge in [-0.1, -0.05) is 36.4 Å². The minimum atomic E-state index is -0.0573. The van der Waals surface area contributed by atoms with Crippen molar-refractivity contribution < 1.29 is 9.59 Å². The molecule has 194 valence electrons.